The van der Waals surface area contributed by atoms with E-state index in [4.69, 9.17) is 9.15 Å². The fourth-order valence-corrected chi connectivity index (χ4v) is 1.70. The first-order valence-corrected chi connectivity index (χ1v) is 5.40. The number of methoxy groups -OCH3 is 1. The maximum Gasteiger partial charge on any atom is 0.513 e. The van der Waals surface area contributed by atoms with E-state index < -0.39 is 11.8 Å². The highest BCUT2D eigenvalue weighted by atomic mass is 79.9. The van der Waals surface area contributed by atoms with Gasteiger partial charge in [-0.05, 0) is 28.1 Å². The van der Waals surface area contributed by atoms with Crippen molar-refractivity contribution < 1.29 is 18.7 Å². The van der Waals surface area contributed by atoms with Gasteiger partial charge in [-0.3, -0.25) is 0 Å². The summed E-state index contributed by atoms with van der Waals surface area (Å²) in [5.74, 6) is 0.0868. The van der Waals surface area contributed by atoms with Gasteiger partial charge in [-0.15, -0.1) is 0 Å². The summed E-state index contributed by atoms with van der Waals surface area (Å²) in [4.78, 5) is 22.6. The van der Waals surface area contributed by atoms with Gasteiger partial charge < -0.3 is 13.9 Å². The van der Waals surface area contributed by atoms with Gasteiger partial charge in [-0.2, -0.15) is 0 Å². The number of carbonyl (C=O) groups is 1. The van der Waals surface area contributed by atoms with Gasteiger partial charge in [0.2, 0.25) is 0 Å². The largest absolute Gasteiger partial charge is 0.513 e. The van der Waals surface area contributed by atoms with Crippen molar-refractivity contribution in [3.05, 3.63) is 39.2 Å². The zero-order valence-corrected chi connectivity index (χ0v) is 10.3. The second-order valence-corrected chi connectivity index (χ2v) is 3.88. The summed E-state index contributed by atoms with van der Waals surface area (Å²) < 4.78 is 14.4. The molecule has 2 aromatic rings. The van der Waals surface area contributed by atoms with Crippen molar-refractivity contribution in [1.82, 2.24) is 0 Å². The highest BCUT2D eigenvalue weighted by molar-refractivity contribution is 9.10. The molecule has 0 N–H and O–H groups in total. The zero-order valence-electron chi connectivity index (χ0n) is 8.73. The Balaban J connectivity index is 2.70. The molecule has 0 radical (unpaired) electrons. The van der Waals surface area contributed by atoms with Crippen LogP contribution < -0.4 is 10.4 Å². The molecule has 6 heteroatoms. The summed E-state index contributed by atoms with van der Waals surface area (Å²) in [6, 6.07) is 6.72. The van der Waals surface area contributed by atoms with Crippen molar-refractivity contribution in [2.75, 3.05) is 7.11 Å². The van der Waals surface area contributed by atoms with E-state index in [1.54, 1.807) is 24.3 Å². The summed E-state index contributed by atoms with van der Waals surface area (Å²) in [5, 5.41) is 0.504. The third-order valence-corrected chi connectivity index (χ3v) is 2.75. The van der Waals surface area contributed by atoms with Crippen molar-refractivity contribution in [1.29, 1.82) is 0 Å². The summed E-state index contributed by atoms with van der Waals surface area (Å²) in [6.45, 7) is 0. The Bertz CT molecular complexity index is 631. The molecule has 0 saturated heterocycles. The first-order chi connectivity index (χ1) is 8.13. The topological polar surface area (TPSA) is 65.7 Å². The van der Waals surface area contributed by atoms with Gasteiger partial charge in [0.1, 0.15) is 10.1 Å². The van der Waals surface area contributed by atoms with Gasteiger partial charge in [-0.25, -0.2) is 9.59 Å². The van der Waals surface area contributed by atoms with Gasteiger partial charge in [-0.1, -0.05) is 12.1 Å². The molecule has 0 aliphatic carbocycles. The van der Waals surface area contributed by atoms with Gasteiger partial charge >= 0.3 is 11.8 Å². The first kappa shape index (κ1) is 11.7. The maximum absolute atomic E-state index is 11.5. The lowest BCUT2D eigenvalue weighted by atomic mass is 10.2. The van der Waals surface area contributed by atoms with E-state index in [0.29, 0.717) is 11.0 Å². The Morgan fingerprint density at radius 2 is 2.06 bits per heavy atom. The van der Waals surface area contributed by atoms with Crippen LogP contribution in [0.3, 0.4) is 0 Å². The van der Waals surface area contributed by atoms with Crippen LogP contribution in [0.5, 0.6) is 5.75 Å². The highest BCUT2D eigenvalue weighted by Crippen LogP contribution is 2.30. The second-order valence-electron chi connectivity index (χ2n) is 3.08. The Morgan fingerprint density at radius 3 is 2.76 bits per heavy atom. The summed E-state index contributed by atoms with van der Waals surface area (Å²) >= 11 is 3.02. The molecular weight excluding hydrogens is 292 g/mol. The molecule has 1 aromatic heterocycles. The number of ether oxygens (including phenoxy) is 2. The third-order valence-electron chi connectivity index (χ3n) is 2.06. The lowest BCUT2D eigenvalue weighted by molar-refractivity contribution is 0.121. The second kappa shape index (κ2) is 4.58. The monoisotopic (exact) mass is 298 g/mol. The molecule has 2 rings (SSSR count). The van der Waals surface area contributed by atoms with Gasteiger partial charge in [0.05, 0.1) is 12.5 Å². The van der Waals surface area contributed by atoms with Crippen molar-refractivity contribution in [2.45, 2.75) is 0 Å². The smallest absolute Gasteiger partial charge is 0.437 e. The van der Waals surface area contributed by atoms with E-state index in [2.05, 4.69) is 20.7 Å². The summed E-state index contributed by atoms with van der Waals surface area (Å²) in [6.07, 6.45) is -0.901. The fourth-order valence-electron chi connectivity index (χ4n) is 1.32. The molecule has 0 fully saturated rings. The van der Waals surface area contributed by atoms with E-state index in [0.717, 1.165) is 0 Å². The van der Waals surface area contributed by atoms with Crippen molar-refractivity contribution >= 4 is 33.1 Å². The molecule has 0 unspecified atom stereocenters. The van der Waals surface area contributed by atoms with Crippen LogP contribution >= 0.6 is 15.9 Å². The van der Waals surface area contributed by atoms with Crippen molar-refractivity contribution in [2.24, 2.45) is 0 Å². The molecule has 0 atom stereocenters. The van der Waals surface area contributed by atoms with Gasteiger partial charge in [0.15, 0.2) is 5.75 Å². The quantitative estimate of drug-likeness (QED) is 0.598. The SMILES string of the molecule is COC(=O)Oc1c(Br)c(=O)oc2ccccc12. The Morgan fingerprint density at radius 1 is 1.35 bits per heavy atom. The van der Waals surface area contributed by atoms with E-state index >= 15 is 0 Å². The standard InChI is InChI=1S/C11H7BrO5/c1-15-11(14)17-9-6-4-2-3-5-7(6)16-10(13)8(9)12/h2-5H,1H3. The number of para-hydroxylation sites is 1. The number of fused-ring (bicyclic) bond motifs is 1. The summed E-state index contributed by atoms with van der Waals surface area (Å²) in [5.41, 5.74) is -0.290. The first-order valence-electron chi connectivity index (χ1n) is 4.60. The molecule has 88 valence electrons. The fraction of sp³-hybridized carbons (Fsp3) is 0.0909. The Hall–Kier alpha value is -1.82. The maximum atomic E-state index is 11.5. The van der Waals surface area contributed by atoms with Crippen LogP contribution in [0.25, 0.3) is 11.0 Å². The molecule has 17 heavy (non-hydrogen) atoms. The zero-order chi connectivity index (χ0) is 12.4. The molecular formula is C11H7BrO5. The summed E-state index contributed by atoms with van der Waals surface area (Å²) in [7, 11) is 1.18. The highest BCUT2D eigenvalue weighted by Gasteiger charge is 2.16. The Labute approximate surface area is 104 Å². The lowest BCUT2D eigenvalue weighted by Crippen LogP contribution is -2.11. The van der Waals surface area contributed by atoms with Crippen molar-refractivity contribution in [3.63, 3.8) is 0 Å². The molecule has 1 aromatic carbocycles. The van der Waals surface area contributed by atoms with Crippen LogP contribution in [-0.4, -0.2) is 13.3 Å². The minimum atomic E-state index is -0.901. The molecule has 1 heterocycles. The van der Waals surface area contributed by atoms with E-state index in [1.165, 1.54) is 7.11 Å². The predicted octanol–water partition coefficient (Wildman–Crippen LogP) is 2.70. The number of hydrogen-bond donors (Lipinski definition) is 0. The predicted molar refractivity (Wildman–Crippen MR) is 63.2 cm³/mol. The molecule has 0 spiro atoms. The number of benzene rings is 1. The van der Waals surface area contributed by atoms with E-state index in [-0.39, 0.29) is 10.2 Å². The normalized spacial score (nSPS) is 10.2. The lowest BCUT2D eigenvalue weighted by Gasteiger charge is -2.06. The molecule has 0 amide bonds. The van der Waals surface area contributed by atoms with Crippen LogP contribution in [0.15, 0.2) is 37.9 Å². The molecule has 0 saturated carbocycles. The van der Waals surface area contributed by atoms with Gasteiger partial charge in [0, 0.05) is 0 Å². The van der Waals surface area contributed by atoms with Crippen LogP contribution in [0.4, 0.5) is 4.79 Å². The minimum Gasteiger partial charge on any atom is -0.437 e. The van der Waals surface area contributed by atoms with Crippen LogP contribution in [0, 0.1) is 0 Å². The number of carbonyl (C=O) groups excluding carboxylic acids is 1. The number of hydrogen-bond acceptors (Lipinski definition) is 5. The van der Waals surface area contributed by atoms with Crippen LogP contribution in [0.2, 0.25) is 0 Å². The van der Waals surface area contributed by atoms with Crippen LogP contribution in [-0.2, 0) is 4.74 Å². The Kier molecular flexibility index (Phi) is 3.14. The average Bonchev–Trinajstić information content (AvgIpc) is 2.34. The average molecular weight is 299 g/mol. The number of halogens is 1. The molecule has 0 bridgehead atoms. The molecule has 0 aliphatic rings. The van der Waals surface area contributed by atoms with Crippen LogP contribution in [0.1, 0.15) is 0 Å². The number of rotatable bonds is 1. The van der Waals surface area contributed by atoms with Crippen molar-refractivity contribution in [3.8, 4) is 5.75 Å². The minimum absolute atomic E-state index is 0.0431. The molecule has 5 nitrogen and oxygen atoms in total. The van der Waals surface area contributed by atoms with Gasteiger partial charge in [0.25, 0.3) is 0 Å². The van der Waals surface area contributed by atoms with E-state index in [1.807, 2.05) is 0 Å². The third kappa shape index (κ3) is 2.16. The molecule has 0 aliphatic heterocycles. The van der Waals surface area contributed by atoms with E-state index in [9.17, 15) is 9.59 Å².